The largest absolute Gasteiger partial charge is 0.465 e. The minimum Gasteiger partial charge on any atom is -0.465 e. The second-order valence-corrected chi connectivity index (χ2v) is 7.44. The van der Waals surface area contributed by atoms with Crippen molar-refractivity contribution in [3.63, 3.8) is 0 Å². The Balaban J connectivity index is 2.20. The van der Waals surface area contributed by atoms with Crippen LogP contribution in [0.2, 0.25) is 0 Å². The Morgan fingerprint density at radius 2 is 1.33 bits per heavy atom. The summed E-state index contributed by atoms with van der Waals surface area (Å²) in [7, 11) is 0. The van der Waals surface area contributed by atoms with Crippen LogP contribution in [0.4, 0.5) is 0 Å². The van der Waals surface area contributed by atoms with Crippen molar-refractivity contribution in [3.05, 3.63) is 0 Å². The molecule has 24 heavy (non-hydrogen) atoms. The monoisotopic (exact) mass is 338 g/mol. The first-order chi connectivity index (χ1) is 11.6. The van der Waals surface area contributed by atoms with Crippen molar-refractivity contribution in [2.24, 2.45) is 17.3 Å². The van der Waals surface area contributed by atoms with E-state index in [4.69, 9.17) is 9.47 Å². The van der Waals surface area contributed by atoms with E-state index in [1.165, 1.54) is 32.1 Å². The van der Waals surface area contributed by atoms with E-state index in [1.807, 2.05) is 13.8 Å². The van der Waals surface area contributed by atoms with Crippen LogP contribution in [0.25, 0.3) is 0 Å². The number of rotatable bonds is 8. The van der Waals surface area contributed by atoms with E-state index in [0.717, 1.165) is 32.1 Å². The lowest BCUT2D eigenvalue weighted by atomic mass is 9.69. The van der Waals surface area contributed by atoms with E-state index >= 15 is 0 Å². The lowest BCUT2D eigenvalue weighted by Crippen LogP contribution is -2.47. The molecule has 0 aromatic carbocycles. The van der Waals surface area contributed by atoms with Crippen LogP contribution >= 0.6 is 0 Å². The molecule has 0 aliphatic heterocycles. The third-order valence-corrected chi connectivity index (χ3v) is 6.00. The molecule has 2 aliphatic carbocycles. The molecule has 4 nitrogen and oxygen atoms in total. The Hall–Kier alpha value is -1.06. The van der Waals surface area contributed by atoms with Gasteiger partial charge in [0.15, 0.2) is 5.41 Å². The molecule has 0 heterocycles. The summed E-state index contributed by atoms with van der Waals surface area (Å²) < 4.78 is 10.8. The Bertz CT molecular complexity index is 388. The fourth-order valence-electron chi connectivity index (χ4n) is 4.67. The van der Waals surface area contributed by atoms with Crippen molar-refractivity contribution >= 4 is 11.9 Å². The topological polar surface area (TPSA) is 52.6 Å². The fourth-order valence-corrected chi connectivity index (χ4v) is 4.67. The number of ether oxygens (including phenoxy) is 2. The molecule has 0 amide bonds. The Labute approximate surface area is 146 Å². The molecule has 0 aromatic heterocycles. The molecule has 2 fully saturated rings. The molecule has 0 radical (unpaired) electrons. The molecule has 0 bridgehead atoms. The maximum Gasteiger partial charge on any atom is 0.323 e. The van der Waals surface area contributed by atoms with E-state index < -0.39 is 5.41 Å². The van der Waals surface area contributed by atoms with Gasteiger partial charge in [-0.15, -0.1) is 0 Å². The van der Waals surface area contributed by atoms with Gasteiger partial charge in [-0.3, -0.25) is 9.59 Å². The standard InChI is InChI=1S/C20H34O4/c1-3-23-18(21)20(19(22)24-4-2,17-12-8-9-13-17)15-14-16-10-6-5-7-11-16/h16-17H,3-15H2,1-2H3. The van der Waals surface area contributed by atoms with Crippen molar-refractivity contribution in [3.8, 4) is 0 Å². The van der Waals surface area contributed by atoms with Gasteiger partial charge in [0, 0.05) is 0 Å². The Kier molecular flexibility index (Phi) is 7.57. The second kappa shape index (κ2) is 9.43. The molecular weight excluding hydrogens is 304 g/mol. The van der Waals surface area contributed by atoms with Gasteiger partial charge in [0.2, 0.25) is 0 Å². The Morgan fingerprint density at radius 1 is 0.833 bits per heavy atom. The average Bonchev–Trinajstić information content (AvgIpc) is 3.12. The summed E-state index contributed by atoms with van der Waals surface area (Å²) in [4.78, 5) is 25.8. The van der Waals surface area contributed by atoms with Crippen LogP contribution in [-0.2, 0) is 19.1 Å². The minimum absolute atomic E-state index is 0.0826. The highest BCUT2D eigenvalue weighted by Crippen LogP contribution is 2.46. The Morgan fingerprint density at radius 3 is 1.83 bits per heavy atom. The van der Waals surface area contributed by atoms with Crippen LogP contribution in [0.15, 0.2) is 0 Å². The van der Waals surface area contributed by atoms with Gasteiger partial charge in [-0.2, -0.15) is 0 Å². The van der Waals surface area contributed by atoms with Crippen LogP contribution in [0, 0.1) is 17.3 Å². The predicted molar refractivity (Wildman–Crippen MR) is 93.5 cm³/mol. The summed E-state index contributed by atoms with van der Waals surface area (Å²) >= 11 is 0. The van der Waals surface area contributed by atoms with Crippen LogP contribution in [0.1, 0.15) is 84.5 Å². The summed E-state index contributed by atoms with van der Waals surface area (Å²) in [5.74, 6) is 0.0416. The van der Waals surface area contributed by atoms with E-state index in [9.17, 15) is 9.59 Å². The average molecular weight is 338 g/mol. The molecule has 0 unspecified atom stereocenters. The number of hydrogen-bond acceptors (Lipinski definition) is 4. The van der Waals surface area contributed by atoms with Crippen LogP contribution in [0.5, 0.6) is 0 Å². The lowest BCUT2D eigenvalue weighted by Gasteiger charge is -2.36. The molecule has 0 aromatic rings. The number of carbonyl (C=O) groups is 2. The highest BCUT2D eigenvalue weighted by Gasteiger charge is 2.54. The molecule has 138 valence electrons. The smallest absolute Gasteiger partial charge is 0.323 e. The molecular formula is C20H34O4. The van der Waals surface area contributed by atoms with Crippen LogP contribution in [-0.4, -0.2) is 25.2 Å². The normalized spacial score (nSPS) is 20.1. The van der Waals surface area contributed by atoms with E-state index in [2.05, 4.69) is 0 Å². The molecule has 4 heteroatoms. The lowest BCUT2D eigenvalue weighted by molar-refractivity contribution is -0.178. The van der Waals surface area contributed by atoms with Gasteiger partial charge >= 0.3 is 11.9 Å². The van der Waals surface area contributed by atoms with Gasteiger partial charge in [0.05, 0.1) is 13.2 Å². The molecule has 2 rings (SSSR count). The number of carbonyl (C=O) groups excluding carboxylic acids is 2. The summed E-state index contributed by atoms with van der Waals surface area (Å²) in [6, 6.07) is 0. The zero-order chi connectivity index (χ0) is 17.4. The summed E-state index contributed by atoms with van der Waals surface area (Å²) in [5.41, 5.74) is -1.07. The van der Waals surface area contributed by atoms with Crippen molar-refractivity contribution in [2.45, 2.75) is 84.5 Å². The molecule has 0 atom stereocenters. The van der Waals surface area contributed by atoms with Gasteiger partial charge in [0.1, 0.15) is 0 Å². The fraction of sp³-hybridized carbons (Fsp3) is 0.900. The van der Waals surface area contributed by atoms with Gasteiger partial charge in [0.25, 0.3) is 0 Å². The first-order valence-corrected chi connectivity index (χ1v) is 9.99. The zero-order valence-corrected chi connectivity index (χ0v) is 15.5. The molecule has 0 spiro atoms. The van der Waals surface area contributed by atoms with E-state index in [1.54, 1.807) is 0 Å². The predicted octanol–water partition coefficient (Wildman–Crippen LogP) is 4.65. The van der Waals surface area contributed by atoms with Gasteiger partial charge in [-0.05, 0) is 51.4 Å². The van der Waals surface area contributed by atoms with Crippen molar-refractivity contribution in [1.82, 2.24) is 0 Å². The molecule has 0 N–H and O–H groups in total. The maximum absolute atomic E-state index is 12.9. The van der Waals surface area contributed by atoms with Crippen LogP contribution in [0.3, 0.4) is 0 Å². The highest BCUT2D eigenvalue weighted by atomic mass is 16.6. The van der Waals surface area contributed by atoms with Crippen molar-refractivity contribution < 1.29 is 19.1 Å². The summed E-state index contributed by atoms with van der Waals surface area (Å²) in [5, 5.41) is 0. The zero-order valence-electron chi connectivity index (χ0n) is 15.5. The van der Waals surface area contributed by atoms with Gasteiger partial charge in [-0.1, -0.05) is 44.9 Å². The quantitative estimate of drug-likeness (QED) is 0.477. The highest BCUT2D eigenvalue weighted by molar-refractivity contribution is 6.00. The SMILES string of the molecule is CCOC(=O)C(CCC1CCCCC1)(C(=O)OCC)C1CCCC1. The van der Waals surface area contributed by atoms with Crippen LogP contribution < -0.4 is 0 Å². The first-order valence-electron chi connectivity index (χ1n) is 9.99. The van der Waals surface area contributed by atoms with Gasteiger partial charge < -0.3 is 9.47 Å². The van der Waals surface area contributed by atoms with E-state index in [-0.39, 0.29) is 17.9 Å². The third-order valence-electron chi connectivity index (χ3n) is 6.00. The maximum atomic E-state index is 12.9. The molecule has 2 aliphatic rings. The number of esters is 2. The summed E-state index contributed by atoms with van der Waals surface area (Å²) in [6.07, 6.45) is 11.9. The van der Waals surface area contributed by atoms with Gasteiger partial charge in [-0.25, -0.2) is 0 Å². The minimum atomic E-state index is -1.07. The van der Waals surface area contributed by atoms with Crippen molar-refractivity contribution in [1.29, 1.82) is 0 Å². The van der Waals surface area contributed by atoms with Crippen molar-refractivity contribution in [2.75, 3.05) is 13.2 Å². The summed E-state index contributed by atoms with van der Waals surface area (Å²) in [6.45, 7) is 4.25. The van der Waals surface area contributed by atoms with E-state index in [0.29, 0.717) is 25.6 Å². The third kappa shape index (κ3) is 4.31. The molecule has 0 saturated heterocycles. The number of hydrogen-bond donors (Lipinski definition) is 0. The molecule has 2 saturated carbocycles. The second-order valence-electron chi connectivity index (χ2n) is 7.44. The first kappa shape index (κ1) is 19.3.